The van der Waals surface area contributed by atoms with Crippen molar-refractivity contribution in [1.29, 1.82) is 0 Å². The van der Waals surface area contributed by atoms with E-state index in [1.165, 1.54) is 31.3 Å². The number of carbonyl (C=O) groups is 1. The summed E-state index contributed by atoms with van der Waals surface area (Å²) in [4.78, 5) is 14.5. The lowest BCUT2D eigenvalue weighted by Crippen LogP contribution is -2.38. The highest BCUT2D eigenvalue weighted by molar-refractivity contribution is 7.89. The second-order valence-corrected chi connectivity index (χ2v) is 7.38. The molecule has 1 amide bonds. The van der Waals surface area contributed by atoms with Crippen molar-refractivity contribution in [1.82, 2.24) is 24.4 Å². The molecule has 0 atom stereocenters. The van der Waals surface area contributed by atoms with Gasteiger partial charge >= 0.3 is 0 Å². The standard InChI is InChI=1S/C15H19N5O3S/c1-3-13-17-18-14-10-19(8-9-20(13)14)15(21)11-4-6-12(7-5-11)24(22,23)16-2/h4-7,16H,3,8-10H2,1-2H3. The van der Waals surface area contributed by atoms with Crippen molar-refractivity contribution >= 4 is 15.9 Å². The SMILES string of the molecule is CCc1nnc2n1CCN(C(=O)c1ccc(S(=O)(=O)NC)cc1)C2. The lowest BCUT2D eigenvalue weighted by atomic mass is 10.2. The van der Waals surface area contributed by atoms with Crippen molar-refractivity contribution in [2.24, 2.45) is 0 Å². The van der Waals surface area contributed by atoms with Crippen LogP contribution in [0.15, 0.2) is 29.2 Å². The molecular formula is C15H19N5O3S. The Kier molecular flexibility index (Phi) is 4.37. The number of aromatic nitrogens is 3. The molecule has 0 radical (unpaired) electrons. The molecule has 0 saturated carbocycles. The summed E-state index contributed by atoms with van der Waals surface area (Å²) in [6, 6.07) is 5.92. The van der Waals surface area contributed by atoms with Gasteiger partial charge in [-0.05, 0) is 31.3 Å². The molecular weight excluding hydrogens is 330 g/mol. The number of carbonyl (C=O) groups excluding carboxylic acids is 1. The van der Waals surface area contributed by atoms with Crippen molar-refractivity contribution in [3.05, 3.63) is 41.5 Å². The van der Waals surface area contributed by atoms with E-state index in [-0.39, 0.29) is 10.8 Å². The zero-order chi connectivity index (χ0) is 17.3. The predicted molar refractivity (Wildman–Crippen MR) is 86.8 cm³/mol. The van der Waals surface area contributed by atoms with Crippen LogP contribution >= 0.6 is 0 Å². The molecule has 1 aromatic carbocycles. The zero-order valence-corrected chi connectivity index (χ0v) is 14.4. The Labute approximate surface area is 140 Å². The molecule has 8 nitrogen and oxygen atoms in total. The molecule has 128 valence electrons. The number of fused-ring (bicyclic) bond motifs is 1. The molecule has 1 aromatic heterocycles. The van der Waals surface area contributed by atoms with E-state index in [1.807, 2.05) is 11.5 Å². The van der Waals surface area contributed by atoms with Crippen molar-refractivity contribution in [2.75, 3.05) is 13.6 Å². The predicted octanol–water partition coefficient (Wildman–Crippen LogP) is 0.405. The monoisotopic (exact) mass is 349 g/mol. The average molecular weight is 349 g/mol. The Bertz CT molecular complexity index is 858. The van der Waals surface area contributed by atoms with Crippen molar-refractivity contribution in [2.45, 2.75) is 31.3 Å². The number of sulfonamides is 1. The number of hydrogen-bond donors (Lipinski definition) is 1. The molecule has 0 spiro atoms. The van der Waals surface area contributed by atoms with Crippen molar-refractivity contribution in [3.63, 3.8) is 0 Å². The summed E-state index contributed by atoms with van der Waals surface area (Å²) in [5, 5.41) is 8.28. The van der Waals surface area contributed by atoms with Crippen LogP contribution in [0.5, 0.6) is 0 Å². The Morgan fingerprint density at radius 2 is 1.92 bits per heavy atom. The van der Waals surface area contributed by atoms with Crippen LogP contribution in [0.1, 0.15) is 28.9 Å². The third kappa shape index (κ3) is 2.92. The smallest absolute Gasteiger partial charge is 0.254 e. The van der Waals surface area contributed by atoms with Crippen LogP contribution in [0.3, 0.4) is 0 Å². The fraction of sp³-hybridized carbons (Fsp3) is 0.400. The van der Waals surface area contributed by atoms with Crippen LogP contribution in [0.4, 0.5) is 0 Å². The Hall–Kier alpha value is -2.26. The second kappa shape index (κ2) is 6.33. The van der Waals surface area contributed by atoms with Gasteiger partial charge in [-0.3, -0.25) is 4.79 Å². The molecule has 1 aliphatic rings. The summed E-state index contributed by atoms with van der Waals surface area (Å²) in [6.45, 7) is 3.68. The highest BCUT2D eigenvalue weighted by atomic mass is 32.2. The third-order valence-corrected chi connectivity index (χ3v) is 5.54. The first kappa shape index (κ1) is 16.6. The first-order valence-electron chi connectivity index (χ1n) is 7.70. The van der Waals surface area contributed by atoms with E-state index in [4.69, 9.17) is 0 Å². The number of aryl methyl sites for hydroxylation is 1. The minimum absolute atomic E-state index is 0.132. The van der Waals surface area contributed by atoms with Gasteiger partial charge in [0.2, 0.25) is 10.0 Å². The highest BCUT2D eigenvalue weighted by Gasteiger charge is 2.25. The third-order valence-electron chi connectivity index (χ3n) is 4.11. The summed E-state index contributed by atoms with van der Waals surface area (Å²) >= 11 is 0. The minimum Gasteiger partial charge on any atom is -0.329 e. The van der Waals surface area contributed by atoms with E-state index >= 15 is 0 Å². The minimum atomic E-state index is -3.50. The lowest BCUT2D eigenvalue weighted by molar-refractivity contribution is 0.0706. The van der Waals surface area contributed by atoms with Crippen LogP contribution in [0.2, 0.25) is 0 Å². The number of nitrogens with zero attached hydrogens (tertiary/aromatic N) is 4. The van der Waals surface area contributed by atoms with Gasteiger partial charge < -0.3 is 9.47 Å². The van der Waals surface area contributed by atoms with Gasteiger partial charge in [-0.15, -0.1) is 10.2 Å². The molecule has 3 rings (SSSR count). The van der Waals surface area contributed by atoms with Crippen LogP contribution in [0, 0.1) is 0 Å². The molecule has 2 aromatic rings. The fourth-order valence-electron chi connectivity index (χ4n) is 2.73. The summed E-state index contributed by atoms with van der Waals surface area (Å²) in [7, 11) is -2.15. The number of benzene rings is 1. The van der Waals surface area contributed by atoms with Gasteiger partial charge in [0.25, 0.3) is 5.91 Å². The maximum atomic E-state index is 12.6. The van der Waals surface area contributed by atoms with Gasteiger partial charge in [-0.25, -0.2) is 13.1 Å². The first-order valence-corrected chi connectivity index (χ1v) is 9.18. The van der Waals surface area contributed by atoms with Crippen molar-refractivity contribution < 1.29 is 13.2 Å². The molecule has 0 fully saturated rings. The van der Waals surface area contributed by atoms with E-state index in [1.54, 1.807) is 4.90 Å². The number of rotatable bonds is 4. The van der Waals surface area contributed by atoms with Gasteiger partial charge in [0.15, 0.2) is 5.82 Å². The molecule has 0 aliphatic carbocycles. The molecule has 1 aliphatic heterocycles. The molecule has 0 bridgehead atoms. The maximum Gasteiger partial charge on any atom is 0.254 e. The van der Waals surface area contributed by atoms with Gasteiger partial charge in [-0.1, -0.05) is 6.92 Å². The summed E-state index contributed by atoms with van der Waals surface area (Å²) in [5.74, 6) is 1.57. The summed E-state index contributed by atoms with van der Waals surface area (Å²) in [6.07, 6.45) is 0.808. The molecule has 24 heavy (non-hydrogen) atoms. The van der Waals surface area contributed by atoms with Crippen molar-refractivity contribution in [3.8, 4) is 0 Å². The van der Waals surface area contributed by atoms with E-state index in [0.29, 0.717) is 25.2 Å². The van der Waals surface area contributed by atoms with Gasteiger partial charge in [0.05, 0.1) is 11.4 Å². The Balaban J connectivity index is 1.78. The van der Waals surface area contributed by atoms with Crippen LogP contribution in [-0.4, -0.2) is 47.6 Å². The topological polar surface area (TPSA) is 97.2 Å². The van der Waals surface area contributed by atoms with Gasteiger partial charge in [0, 0.05) is 25.1 Å². The molecule has 2 heterocycles. The Morgan fingerprint density at radius 3 is 2.54 bits per heavy atom. The van der Waals surface area contributed by atoms with Crippen LogP contribution < -0.4 is 4.72 Å². The normalized spacial score (nSPS) is 14.5. The van der Waals surface area contributed by atoms with Gasteiger partial charge in [0.1, 0.15) is 5.82 Å². The first-order chi connectivity index (χ1) is 11.5. The molecule has 0 unspecified atom stereocenters. The lowest BCUT2D eigenvalue weighted by Gasteiger charge is -2.28. The van der Waals surface area contributed by atoms with E-state index < -0.39 is 10.0 Å². The van der Waals surface area contributed by atoms with E-state index in [9.17, 15) is 13.2 Å². The zero-order valence-electron chi connectivity index (χ0n) is 13.6. The van der Waals surface area contributed by atoms with Crippen LogP contribution in [0.25, 0.3) is 0 Å². The van der Waals surface area contributed by atoms with Gasteiger partial charge in [-0.2, -0.15) is 0 Å². The largest absolute Gasteiger partial charge is 0.329 e. The highest BCUT2D eigenvalue weighted by Crippen LogP contribution is 2.17. The quantitative estimate of drug-likeness (QED) is 0.862. The van der Waals surface area contributed by atoms with E-state index in [2.05, 4.69) is 14.9 Å². The maximum absolute atomic E-state index is 12.6. The summed E-state index contributed by atoms with van der Waals surface area (Å²) < 4.78 is 27.8. The number of hydrogen-bond acceptors (Lipinski definition) is 5. The number of nitrogens with one attached hydrogen (secondary N) is 1. The Morgan fingerprint density at radius 1 is 1.21 bits per heavy atom. The summed E-state index contributed by atoms with van der Waals surface area (Å²) in [5.41, 5.74) is 0.453. The van der Waals surface area contributed by atoms with E-state index in [0.717, 1.165) is 18.1 Å². The van der Waals surface area contributed by atoms with Crippen LogP contribution in [-0.2, 0) is 29.5 Å². The molecule has 0 saturated heterocycles. The molecule has 1 N–H and O–H groups in total. The fourth-order valence-corrected chi connectivity index (χ4v) is 3.46. The second-order valence-electron chi connectivity index (χ2n) is 5.50. The molecule has 9 heteroatoms. The average Bonchev–Trinajstić information content (AvgIpc) is 3.03. The number of amides is 1.